The standard InChI is InChI=1S/C17H29NO/c1-4-11-17(19,12-5-2)16-10-6-8-15(14-16)9-7-13-18-3/h6,8,10,14,18-19H,4-5,7,9,11-13H2,1-3H3. The fourth-order valence-electron chi connectivity index (χ4n) is 2.73. The third kappa shape index (κ3) is 4.96. The van der Waals surface area contributed by atoms with Crippen molar-refractivity contribution >= 4 is 0 Å². The predicted molar refractivity (Wildman–Crippen MR) is 82.4 cm³/mol. The molecule has 0 heterocycles. The van der Waals surface area contributed by atoms with Gasteiger partial charge in [-0.25, -0.2) is 0 Å². The van der Waals surface area contributed by atoms with Crippen LogP contribution in [0.3, 0.4) is 0 Å². The minimum atomic E-state index is -0.636. The molecule has 2 N–H and O–H groups in total. The Labute approximate surface area is 118 Å². The van der Waals surface area contributed by atoms with E-state index in [2.05, 4.69) is 43.4 Å². The van der Waals surface area contributed by atoms with E-state index in [-0.39, 0.29) is 0 Å². The van der Waals surface area contributed by atoms with Gasteiger partial charge < -0.3 is 10.4 Å². The lowest BCUT2D eigenvalue weighted by molar-refractivity contribution is 0.0169. The van der Waals surface area contributed by atoms with Gasteiger partial charge in [-0.1, -0.05) is 51.0 Å². The quantitative estimate of drug-likeness (QED) is 0.667. The zero-order valence-corrected chi connectivity index (χ0v) is 12.7. The second kappa shape index (κ2) is 8.34. The van der Waals surface area contributed by atoms with Gasteiger partial charge in [0.25, 0.3) is 0 Å². The molecule has 0 amide bonds. The molecule has 0 radical (unpaired) electrons. The maximum atomic E-state index is 10.9. The summed E-state index contributed by atoms with van der Waals surface area (Å²) in [6, 6.07) is 8.52. The van der Waals surface area contributed by atoms with Gasteiger partial charge in [-0.2, -0.15) is 0 Å². The molecule has 19 heavy (non-hydrogen) atoms. The molecule has 0 fully saturated rings. The van der Waals surface area contributed by atoms with E-state index in [0.29, 0.717) is 0 Å². The van der Waals surface area contributed by atoms with E-state index in [1.807, 2.05) is 7.05 Å². The van der Waals surface area contributed by atoms with E-state index in [0.717, 1.165) is 50.6 Å². The number of hydrogen-bond donors (Lipinski definition) is 2. The topological polar surface area (TPSA) is 32.3 Å². The van der Waals surface area contributed by atoms with Crippen LogP contribution in [0.4, 0.5) is 0 Å². The van der Waals surface area contributed by atoms with Crippen molar-refractivity contribution in [2.75, 3.05) is 13.6 Å². The highest BCUT2D eigenvalue weighted by Crippen LogP contribution is 2.32. The molecular formula is C17H29NO. The predicted octanol–water partition coefficient (Wildman–Crippen LogP) is 3.63. The normalized spacial score (nSPS) is 11.8. The van der Waals surface area contributed by atoms with Crippen molar-refractivity contribution in [3.63, 3.8) is 0 Å². The average molecular weight is 263 g/mol. The number of aliphatic hydroxyl groups is 1. The van der Waals surface area contributed by atoms with Gasteiger partial charge in [0.2, 0.25) is 0 Å². The van der Waals surface area contributed by atoms with Gasteiger partial charge in [-0.15, -0.1) is 0 Å². The first-order valence-electron chi connectivity index (χ1n) is 7.62. The van der Waals surface area contributed by atoms with Crippen LogP contribution < -0.4 is 5.32 Å². The summed E-state index contributed by atoms with van der Waals surface area (Å²) in [5.74, 6) is 0. The van der Waals surface area contributed by atoms with Gasteiger partial charge in [0.15, 0.2) is 0 Å². The molecule has 0 aliphatic heterocycles. The number of rotatable bonds is 9. The molecule has 0 spiro atoms. The summed E-state index contributed by atoms with van der Waals surface area (Å²) in [4.78, 5) is 0. The highest BCUT2D eigenvalue weighted by molar-refractivity contribution is 5.28. The van der Waals surface area contributed by atoms with Gasteiger partial charge in [0.05, 0.1) is 5.60 Å². The number of aryl methyl sites for hydroxylation is 1. The van der Waals surface area contributed by atoms with Crippen molar-refractivity contribution in [2.45, 2.75) is 58.0 Å². The van der Waals surface area contributed by atoms with Crippen molar-refractivity contribution in [3.05, 3.63) is 35.4 Å². The van der Waals surface area contributed by atoms with E-state index in [1.165, 1.54) is 5.56 Å². The van der Waals surface area contributed by atoms with E-state index in [4.69, 9.17) is 0 Å². The Morgan fingerprint density at radius 3 is 2.42 bits per heavy atom. The van der Waals surface area contributed by atoms with Gasteiger partial charge in [0, 0.05) is 0 Å². The molecule has 0 saturated heterocycles. The van der Waals surface area contributed by atoms with Crippen molar-refractivity contribution in [1.82, 2.24) is 5.32 Å². The molecule has 0 aliphatic rings. The highest BCUT2D eigenvalue weighted by Gasteiger charge is 2.27. The Morgan fingerprint density at radius 2 is 1.84 bits per heavy atom. The van der Waals surface area contributed by atoms with Crippen molar-refractivity contribution < 1.29 is 5.11 Å². The maximum absolute atomic E-state index is 10.9. The molecule has 0 aromatic heterocycles. The van der Waals surface area contributed by atoms with Crippen LogP contribution in [0.5, 0.6) is 0 Å². The summed E-state index contributed by atoms with van der Waals surface area (Å²) in [6.45, 7) is 5.31. The van der Waals surface area contributed by atoms with Crippen LogP contribution >= 0.6 is 0 Å². The summed E-state index contributed by atoms with van der Waals surface area (Å²) in [5, 5.41) is 14.0. The molecule has 0 bridgehead atoms. The van der Waals surface area contributed by atoms with Crippen molar-refractivity contribution in [2.24, 2.45) is 0 Å². The van der Waals surface area contributed by atoms with Gasteiger partial charge in [0.1, 0.15) is 0 Å². The van der Waals surface area contributed by atoms with Crippen LogP contribution in [0.15, 0.2) is 24.3 Å². The summed E-state index contributed by atoms with van der Waals surface area (Å²) in [7, 11) is 1.98. The van der Waals surface area contributed by atoms with Crippen LogP contribution in [0, 0.1) is 0 Å². The molecule has 0 atom stereocenters. The fraction of sp³-hybridized carbons (Fsp3) is 0.647. The Balaban J connectivity index is 2.82. The monoisotopic (exact) mass is 263 g/mol. The Bertz CT molecular complexity index is 356. The van der Waals surface area contributed by atoms with Crippen LogP contribution in [0.25, 0.3) is 0 Å². The largest absolute Gasteiger partial charge is 0.385 e. The van der Waals surface area contributed by atoms with Gasteiger partial charge in [-0.05, 0) is 50.4 Å². The zero-order chi connectivity index (χ0) is 14.1. The Morgan fingerprint density at radius 1 is 1.16 bits per heavy atom. The van der Waals surface area contributed by atoms with Crippen LogP contribution in [0.2, 0.25) is 0 Å². The van der Waals surface area contributed by atoms with Gasteiger partial charge >= 0.3 is 0 Å². The summed E-state index contributed by atoms with van der Waals surface area (Å²) < 4.78 is 0. The first kappa shape index (κ1) is 16.2. The minimum absolute atomic E-state index is 0.636. The van der Waals surface area contributed by atoms with Crippen molar-refractivity contribution in [3.8, 4) is 0 Å². The second-order valence-corrected chi connectivity index (χ2v) is 5.44. The third-order valence-electron chi connectivity index (χ3n) is 3.68. The minimum Gasteiger partial charge on any atom is -0.385 e. The lowest BCUT2D eigenvalue weighted by Crippen LogP contribution is -2.25. The van der Waals surface area contributed by atoms with Crippen molar-refractivity contribution in [1.29, 1.82) is 0 Å². The number of hydrogen-bond acceptors (Lipinski definition) is 2. The van der Waals surface area contributed by atoms with E-state index < -0.39 is 5.60 Å². The molecule has 0 unspecified atom stereocenters. The molecule has 2 nitrogen and oxygen atoms in total. The maximum Gasteiger partial charge on any atom is 0.0896 e. The molecule has 1 aromatic carbocycles. The molecular weight excluding hydrogens is 234 g/mol. The lowest BCUT2D eigenvalue weighted by atomic mass is 9.84. The highest BCUT2D eigenvalue weighted by atomic mass is 16.3. The third-order valence-corrected chi connectivity index (χ3v) is 3.68. The number of nitrogens with one attached hydrogen (secondary N) is 1. The van der Waals surface area contributed by atoms with Crippen LogP contribution in [0.1, 0.15) is 57.1 Å². The number of benzene rings is 1. The fourth-order valence-corrected chi connectivity index (χ4v) is 2.73. The van der Waals surface area contributed by atoms with Crippen LogP contribution in [-0.4, -0.2) is 18.7 Å². The average Bonchev–Trinajstić information content (AvgIpc) is 2.40. The zero-order valence-electron chi connectivity index (χ0n) is 12.7. The Hall–Kier alpha value is -0.860. The first-order valence-corrected chi connectivity index (χ1v) is 7.62. The first-order chi connectivity index (χ1) is 9.16. The van der Waals surface area contributed by atoms with Crippen LogP contribution in [-0.2, 0) is 12.0 Å². The molecule has 108 valence electrons. The Kier molecular flexibility index (Phi) is 7.11. The van der Waals surface area contributed by atoms with E-state index in [9.17, 15) is 5.11 Å². The SMILES string of the molecule is CCCC(O)(CCC)c1cccc(CCCNC)c1. The molecule has 1 rings (SSSR count). The summed E-state index contributed by atoms with van der Waals surface area (Å²) in [5.41, 5.74) is 1.79. The summed E-state index contributed by atoms with van der Waals surface area (Å²) in [6.07, 6.45) is 5.94. The van der Waals surface area contributed by atoms with Gasteiger partial charge in [-0.3, -0.25) is 0 Å². The molecule has 1 aromatic rings. The molecule has 0 saturated carbocycles. The molecule has 2 heteroatoms. The molecule has 0 aliphatic carbocycles. The lowest BCUT2D eigenvalue weighted by Gasteiger charge is -2.28. The van der Waals surface area contributed by atoms with E-state index in [1.54, 1.807) is 0 Å². The smallest absolute Gasteiger partial charge is 0.0896 e. The second-order valence-electron chi connectivity index (χ2n) is 5.44. The summed E-state index contributed by atoms with van der Waals surface area (Å²) >= 11 is 0. The van der Waals surface area contributed by atoms with E-state index >= 15 is 0 Å².